The van der Waals surface area contributed by atoms with E-state index < -0.39 is 11.0 Å². The molecule has 0 atom stereocenters. The second kappa shape index (κ2) is 7.57. The minimum Gasteiger partial charge on any atom is -0.307 e. The lowest BCUT2D eigenvalue weighted by Crippen LogP contribution is -2.24. The Morgan fingerprint density at radius 2 is 1.87 bits per heavy atom. The van der Waals surface area contributed by atoms with Gasteiger partial charge in [0, 0.05) is 17.3 Å². The summed E-state index contributed by atoms with van der Waals surface area (Å²) < 4.78 is 0. The zero-order chi connectivity index (χ0) is 16.8. The van der Waals surface area contributed by atoms with Crippen molar-refractivity contribution >= 4 is 46.8 Å². The number of hydrogen-bond acceptors (Lipinski definition) is 4. The van der Waals surface area contributed by atoms with Crippen LogP contribution in [0.3, 0.4) is 0 Å². The van der Waals surface area contributed by atoms with Crippen LogP contribution in [-0.4, -0.2) is 17.2 Å². The zero-order valence-corrected chi connectivity index (χ0v) is 13.0. The summed E-state index contributed by atoms with van der Waals surface area (Å²) >= 11 is 11.6. The van der Waals surface area contributed by atoms with Gasteiger partial charge in [0.05, 0.1) is 16.2 Å². The van der Waals surface area contributed by atoms with Crippen LogP contribution in [0, 0.1) is 10.1 Å². The number of halogens is 2. The third kappa shape index (κ3) is 4.67. The van der Waals surface area contributed by atoms with E-state index in [1.54, 1.807) is 24.3 Å². The van der Waals surface area contributed by atoms with Crippen molar-refractivity contribution in [1.29, 1.82) is 0 Å². The Morgan fingerprint density at radius 3 is 2.52 bits per heavy atom. The van der Waals surface area contributed by atoms with Crippen molar-refractivity contribution < 1.29 is 9.72 Å². The number of hydrogen-bond donors (Lipinski definition) is 2. The molecule has 7 nitrogen and oxygen atoms in total. The molecule has 0 spiro atoms. The van der Waals surface area contributed by atoms with Gasteiger partial charge in [0.2, 0.25) is 0 Å². The molecule has 2 N–H and O–H groups in total. The van der Waals surface area contributed by atoms with Crippen LogP contribution in [0.2, 0.25) is 10.0 Å². The fourth-order valence-electron chi connectivity index (χ4n) is 1.63. The van der Waals surface area contributed by atoms with E-state index in [4.69, 9.17) is 23.2 Å². The van der Waals surface area contributed by atoms with Crippen LogP contribution in [0.4, 0.5) is 16.2 Å². The number of amides is 2. The average Bonchev–Trinajstić information content (AvgIpc) is 2.50. The maximum atomic E-state index is 11.6. The largest absolute Gasteiger partial charge is 0.339 e. The second-order valence-corrected chi connectivity index (χ2v) is 5.09. The Balaban J connectivity index is 2.04. The molecule has 0 aliphatic heterocycles. The van der Waals surface area contributed by atoms with Crippen LogP contribution < -0.4 is 10.7 Å². The Bertz CT molecular complexity index is 766. The van der Waals surface area contributed by atoms with Gasteiger partial charge in [-0.15, -0.1) is 0 Å². The summed E-state index contributed by atoms with van der Waals surface area (Å²) in [7, 11) is 0. The molecule has 0 aromatic heterocycles. The van der Waals surface area contributed by atoms with E-state index in [2.05, 4.69) is 15.8 Å². The average molecular weight is 353 g/mol. The number of urea groups is 1. The van der Waals surface area contributed by atoms with Gasteiger partial charge in [-0.05, 0) is 18.2 Å². The molecule has 0 saturated carbocycles. The number of nitro groups is 1. The molecule has 0 unspecified atom stereocenters. The summed E-state index contributed by atoms with van der Waals surface area (Å²) in [5.41, 5.74) is 2.78. The first-order chi connectivity index (χ1) is 11.0. The van der Waals surface area contributed by atoms with Gasteiger partial charge >= 0.3 is 6.03 Å². The summed E-state index contributed by atoms with van der Waals surface area (Å²) in [4.78, 5) is 21.8. The minimum absolute atomic E-state index is 0.0769. The smallest absolute Gasteiger partial charge is 0.307 e. The topological polar surface area (TPSA) is 96.6 Å². The highest BCUT2D eigenvalue weighted by Gasteiger charge is 2.15. The summed E-state index contributed by atoms with van der Waals surface area (Å²) in [6, 6.07) is 10.6. The van der Waals surface area contributed by atoms with E-state index in [-0.39, 0.29) is 21.3 Å². The fourth-order valence-corrected chi connectivity index (χ4v) is 2.13. The molecule has 0 saturated heterocycles. The van der Waals surface area contributed by atoms with Gasteiger partial charge in [0.15, 0.2) is 0 Å². The molecule has 0 fully saturated rings. The molecule has 2 aromatic rings. The Morgan fingerprint density at radius 1 is 1.17 bits per heavy atom. The highest BCUT2D eigenvalue weighted by atomic mass is 35.5. The SMILES string of the molecule is O=C(N/N=C\c1cc([N+](=O)[O-])c(Cl)cc1Cl)Nc1ccccc1. The molecule has 23 heavy (non-hydrogen) atoms. The first-order valence-corrected chi connectivity index (χ1v) is 7.01. The first kappa shape index (κ1) is 16.7. The van der Waals surface area contributed by atoms with E-state index >= 15 is 0 Å². The number of carbonyl (C=O) groups is 1. The third-order valence-corrected chi connectivity index (χ3v) is 3.29. The van der Waals surface area contributed by atoms with Crippen LogP contribution in [0.1, 0.15) is 5.56 Å². The van der Waals surface area contributed by atoms with Gasteiger partial charge in [-0.1, -0.05) is 41.4 Å². The van der Waals surface area contributed by atoms with Gasteiger partial charge < -0.3 is 5.32 Å². The summed E-state index contributed by atoms with van der Waals surface area (Å²) in [5.74, 6) is 0. The van der Waals surface area contributed by atoms with E-state index in [0.29, 0.717) is 5.69 Å². The number of para-hydroxylation sites is 1. The number of nitrogens with zero attached hydrogens (tertiary/aromatic N) is 2. The van der Waals surface area contributed by atoms with Crippen molar-refractivity contribution in [3.8, 4) is 0 Å². The van der Waals surface area contributed by atoms with Gasteiger partial charge in [-0.25, -0.2) is 10.2 Å². The lowest BCUT2D eigenvalue weighted by atomic mass is 10.2. The monoisotopic (exact) mass is 352 g/mol. The van der Waals surface area contributed by atoms with Crippen molar-refractivity contribution in [2.75, 3.05) is 5.32 Å². The minimum atomic E-state index is -0.633. The highest BCUT2D eigenvalue weighted by Crippen LogP contribution is 2.29. The molecular formula is C14H10Cl2N4O3. The molecule has 0 aliphatic rings. The Hall–Kier alpha value is -2.64. The lowest BCUT2D eigenvalue weighted by Gasteiger charge is -2.04. The number of anilines is 1. The van der Waals surface area contributed by atoms with Crippen LogP contribution in [0.25, 0.3) is 0 Å². The van der Waals surface area contributed by atoms with Crippen LogP contribution in [0.15, 0.2) is 47.6 Å². The Kier molecular flexibility index (Phi) is 5.51. The van der Waals surface area contributed by atoms with Crippen LogP contribution >= 0.6 is 23.2 Å². The highest BCUT2D eigenvalue weighted by molar-refractivity contribution is 6.37. The van der Waals surface area contributed by atoms with E-state index in [1.807, 2.05) is 6.07 Å². The van der Waals surface area contributed by atoms with Crippen molar-refractivity contribution in [3.05, 3.63) is 68.2 Å². The van der Waals surface area contributed by atoms with Crippen LogP contribution in [0.5, 0.6) is 0 Å². The summed E-state index contributed by atoms with van der Waals surface area (Å²) in [6.07, 6.45) is 1.19. The molecule has 0 aliphatic carbocycles. The van der Waals surface area contributed by atoms with Gasteiger partial charge in [0.1, 0.15) is 5.02 Å². The normalized spacial score (nSPS) is 10.5. The fraction of sp³-hybridized carbons (Fsp3) is 0. The zero-order valence-electron chi connectivity index (χ0n) is 11.5. The molecule has 0 radical (unpaired) electrons. The maximum absolute atomic E-state index is 11.6. The maximum Gasteiger partial charge on any atom is 0.339 e. The molecule has 9 heteroatoms. The number of benzene rings is 2. The molecule has 2 rings (SSSR count). The molecular weight excluding hydrogens is 343 g/mol. The van der Waals surface area contributed by atoms with E-state index in [9.17, 15) is 14.9 Å². The van der Waals surface area contributed by atoms with Gasteiger partial charge in [0.25, 0.3) is 5.69 Å². The summed E-state index contributed by atoms with van der Waals surface area (Å²) in [5, 5.41) is 17.2. The van der Waals surface area contributed by atoms with Crippen molar-refractivity contribution in [2.45, 2.75) is 0 Å². The second-order valence-electron chi connectivity index (χ2n) is 4.27. The number of rotatable bonds is 4. The number of hydrazone groups is 1. The first-order valence-electron chi connectivity index (χ1n) is 6.26. The van der Waals surface area contributed by atoms with Crippen molar-refractivity contribution in [3.63, 3.8) is 0 Å². The number of carbonyl (C=O) groups excluding carboxylic acids is 1. The quantitative estimate of drug-likeness (QED) is 0.493. The summed E-state index contributed by atoms with van der Waals surface area (Å²) in [6.45, 7) is 0. The third-order valence-electron chi connectivity index (χ3n) is 2.66. The van der Waals surface area contributed by atoms with Crippen molar-refractivity contribution in [1.82, 2.24) is 5.43 Å². The van der Waals surface area contributed by atoms with E-state index in [0.717, 1.165) is 0 Å². The predicted molar refractivity (Wildman–Crippen MR) is 89.3 cm³/mol. The lowest BCUT2D eigenvalue weighted by molar-refractivity contribution is -0.384. The molecule has 0 bridgehead atoms. The molecule has 118 valence electrons. The molecule has 2 aromatic carbocycles. The van der Waals surface area contributed by atoms with Gasteiger partial charge in [-0.2, -0.15) is 5.10 Å². The standard InChI is InChI=1S/C14H10Cl2N4O3/c15-11-7-12(16)13(20(22)23)6-9(11)8-17-19-14(21)18-10-4-2-1-3-5-10/h1-8H,(H2,18,19,21)/b17-8-. The number of nitrogens with one attached hydrogen (secondary N) is 2. The van der Waals surface area contributed by atoms with Crippen LogP contribution in [-0.2, 0) is 0 Å². The molecule has 2 amide bonds. The van der Waals surface area contributed by atoms with Crippen molar-refractivity contribution in [2.24, 2.45) is 5.10 Å². The predicted octanol–water partition coefficient (Wildman–Crippen LogP) is 4.06. The Labute approximate surface area is 141 Å². The van der Waals surface area contributed by atoms with E-state index in [1.165, 1.54) is 18.3 Å². The number of nitro benzene ring substituents is 1. The van der Waals surface area contributed by atoms with Gasteiger partial charge in [-0.3, -0.25) is 10.1 Å². The molecule has 0 heterocycles.